The van der Waals surface area contributed by atoms with Crippen molar-refractivity contribution in [1.29, 1.82) is 0 Å². The molecule has 0 aromatic heterocycles. The molecule has 0 bridgehead atoms. The molecular weight excluding hydrogens is 184 g/mol. The maximum absolute atomic E-state index is 9.68. The van der Waals surface area contributed by atoms with Crippen molar-refractivity contribution in [3.05, 3.63) is 0 Å². The second-order valence-corrected chi connectivity index (χ2v) is 5.40. The first-order valence-electron chi connectivity index (χ1n) is 6.79. The van der Waals surface area contributed by atoms with E-state index in [1.54, 1.807) is 0 Å². The summed E-state index contributed by atoms with van der Waals surface area (Å²) in [6.07, 6.45) is 12.9. The van der Waals surface area contributed by atoms with Crippen LogP contribution in [-0.2, 0) is 0 Å². The fraction of sp³-hybridized carbons (Fsp3) is 1.00. The van der Waals surface area contributed by atoms with Crippen molar-refractivity contribution in [2.24, 2.45) is 5.92 Å². The monoisotopic (exact) mass is 208 g/mol. The van der Waals surface area contributed by atoms with Gasteiger partial charge in [-0.15, -0.1) is 5.73 Å². The van der Waals surface area contributed by atoms with E-state index < -0.39 is 0 Å². The lowest BCUT2D eigenvalue weighted by Crippen LogP contribution is -2.38. The molecule has 2 heteroatoms. The summed E-state index contributed by atoms with van der Waals surface area (Å²) in [5.41, 5.74) is 9.68. The summed E-state index contributed by atoms with van der Waals surface area (Å²) >= 11 is 0. The van der Waals surface area contributed by atoms with Crippen LogP contribution in [0.25, 0.3) is 0 Å². The van der Waals surface area contributed by atoms with Gasteiger partial charge in [0.15, 0.2) is 0 Å². The normalized spacial score (nSPS) is 35.0. The lowest BCUT2D eigenvalue weighted by molar-refractivity contribution is 0.283. The first-order chi connectivity index (χ1) is 7.34. The van der Waals surface area contributed by atoms with Gasteiger partial charge in [0.1, 0.15) is 0 Å². The largest absolute Gasteiger partial charge is 0.297 e. The Morgan fingerprint density at radius 2 is 1.53 bits per heavy atom. The fourth-order valence-electron chi connectivity index (χ4n) is 3.18. The zero-order chi connectivity index (χ0) is 10.5. The maximum Gasteiger partial charge on any atom is 0.0928 e. The van der Waals surface area contributed by atoms with Crippen LogP contribution in [0.4, 0.5) is 0 Å². The molecule has 1 N–H and O–H groups in total. The second kappa shape index (κ2) is 5.86. The van der Waals surface area contributed by atoms with Crippen LogP contribution in [-0.4, -0.2) is 12.2 Å². The van der Waals surface area contributed by atoms with Gasteiger partial charge >= 0.3 is 0 Å². The minimum atomic E-state index is -0.235. The second-order valence-electron chi connectivity index (χ2n) is 5.40. The van der Waals surface area contributed by atoms with Crippen molar-refractivity contribution >= 4 is 0 Å². The molecule has 2 radical (unpaired) electrons. The molecule has 0 aromatic carbocycles. The lowest BCUT2D eigenvalue weighted by atomic mass is 9.84. The highest BCUT2D eigenvalue weighted by Gasteiger charge is 2.22. The third kappa shape index (κ3) is 3.76. The van der Waals surface area contributed by atoms with E-state index in [1.165, 1.54) is 57.8 Å². The quantitative estimate of drug-likeness (QED) is 0.744. The molecule has 1 aliphatic heterocycles. The Kier molecular flexibility index (Phi) is 4.45. The first-order valence-corrected chi connectivity index (χ1v) is 6.79. The minimum absolute atomic E-state index is 0.235. The van der Waals surface area contributed by atoms with Crippen molar-refractivity contribution in [2.45, 2.75) is 76.4 Å². The van der Waals surface area contributed by atoms with Crippen LogP contribution in [0.3, 0.4) is 0 Å². The predicted molar refractivity (Wildman–Crippen MR) is 62.5 cm³/mol. The highest BCUT2D eigenvalue weighted by molar-refractivity contribution is 4.79. The van der Waals surface area contributed by atoms with E-state index in [0.717, 1.165) is 12.3 Å². The van der Waals surface area contributed by atoms with Gasteiger partial charge in [-0.25, -0.2) is 0 Å². The molecular formula is C13H24N2. The summed E-state index contributed by atoms with van der Waals surface area (Å²) in [7, 11) is 0. The first kappa shape index (κ1) is 11.4. The average molecular weight is 208 g/mol. The van der Waals surface area contributed by atoms with E-state index in [9.17, 15) is 5.73 Å². The molecule has 86 valence electrons. The summed E-state index contributed by atoms with van der Waals surface area (Å²) in [4.78, 5) is 0. The van der Waals surface area contributed by atoms with E-state index >= 15 is 0 Å². The molecule has 0 spiro atoms. The average Bonchev–Trinajstić information content (AvgIpc) is 2.44. The zero-order valence-electron chi connectivity index (χ0n) is 9.75. The van der Waals surface area contributed by atoms with Gasteiger partial charge in [0.05, 0.1) is 6.17 Å². The smallest absolute Gasteiger partial charge is 0.0928 e. The van der Waals surface area contributed by atoms with Crippen molar-refractivity contribution in [2.75, 3.05) is 0 Å². The molecule has 1 heterocycles. The Labute approximate surface area is 94.0 Å². The van der Waals surface area contributed by atoms with Crippen molar-refractivity contribution in [3.63, 3.8) is 0 Å². The molecule has 2 fully saturated rings. The number of hydrogen-bond donors (Lipinski definition) is 1. The van der Waals surface area contributed by atoms with E-state index in [2.05, 4.69) is 5.32 Å². The van der Waals surface area contributed by atoms with Crippen LogP contribution in [0.5, 0.6) is 0 Å². The molecule has 0 aromatic rings. The van der Waals surface area contributed by atoms with Gasteiger partial charge < -0.3 is 0 Å². The van der Waals surface area contributed by atoms with Crippen LogP contribution in [0.15, 0.2) is 0 Å². The van der Waals surface area contributed by atoms with Crippen molar-refractivity contribution in [3.8, 4) is 0 Å². The third-order valence-corrected chi connectivity index (χ3v) is 4.05. The Bertz CT molecular complexity index is 175. The Morgan fingerprint density at radius 1 is 0.867 bits per heavy atom. The Hall–Kier alpha value is -0.0800. The van der Waals surface area contributed by atoms with Gasteiger partial charge in [-0.05, 0) is 25.2 Å². The van der Waals surface area contributed by atoms with E-state index in [4.69, 9.17) is 0 Å². The van der Waals surface area contributed by atoms with Crippen LogP contribution >= 0.6 is 0 Å². The number of nitrogens with zero attached hydrogens (tertiary/aromatic N) is 1. The van der Waals surface area contributed by atoms with Crippen LogP contribution in [0.2, 0.25) is 0 Å². The van der Waals surface area contributed by atoms with Crippen LogP contribution in [0.1, 0.15) is 64.2 Å². The number of hydrogen-bond acceptors (Lipinski definition) is 1. The fourth-order valence-corrected chi connectivity index (χ4v) is 3.18. The van der Waals surface area contributed by atoms with Crippen molar-refractivity contribution in [1.82, 2.24) is 11.1 Å². The molecule has 2 unspecified atom stereocenters. The molecule has 0 amide bonds. The van der Waals surface area contributed by atoms with Crippen LogP contribution in [0, 0.1) is 5.92 Å². The summed E-state index contributed by atoms with van der Waals surface area (Å²) < 4.78 is 0. The molecule has 1 aliphatic carbocycles. The Balaban J connectivity index is 1.76. The summed E-state index contributed by atoms with van der Waals surface area (Å²) in [5, 5.41) is 3.38. The summed E-state index contributed by atoms with van der Waals surface area (Å²) in [6.45, 7) is 0. The van der Waals surface area contributed by atoms with E-state index in [1.807, 2.05) is 0 Å². The highest BCUT2D eigenvalue weighted by atomic mass is 15.0. The number of nitrogens with one attached hydrogen (secondary N) is 1. The summed E-state index contributed by atoms with van der Waals surface area (Å²) in [6, 6.07) is 0.589. The topological polar surface area (TPSA) is 34.3 Å². The van der Waals surface area contributed by atoms with Gasteiger partial charge in [0.25, 0.3) is 0 Å². The maximum atomic E-state index is 9.68. The third-order valence-electron chi connectivity index (χ3n) is 4.05. The standard InChI is InChI=1S/C13H24N2/c14-13-9-5-4-8-12(15-13)10-11-6-2-1-3-7-11/h11-13,15H,1-10H2. The zero-order valence-corrected chi connectivity index (χ0v) is 9.75. The summed E-state index contributed by atoms with van der Waals surface area (Å²) in [5.74, 6) is 0.932. The molecule has 2 nitrogen and oxygen atoms in total. The van der Waals surface area contributed by atoms with E-state index in [0.29, 0.717) is 6.04 Å². The minimum Gasteiger partial charge on any atom is -0.297 e. The molecule has 1 saturated carbocycles. The molecule has 2 atom stereocenters. The van der Waals surface area contributed by atoms with Gasteiger partial charge in [0, 0.05) is 6.04 Å². The molecule has 2 aliphatic rings. The highest BCUT2D eigenvalue weighted by Crippen LogP contribution is 2.29. The van der Waals surface area contributed by atoms with Gasteiger partial charge in [-0.2, -0.15) is 0 Å². The van der Waals surface area contributed by atoms with E-state index in [-0.39, 0.29) is 6.17 Å². The van der Waals surface area contributed by atoms with Gasteiger partial charge in [-0.1, -0.05) is 44.9 Å². The Morgan fingerprint density at radius 3 is 2.33 bits per heavy atom. The van der Waals surface area contributed by atoms with Crippen LogP contribution < -0.4 is 11.1 Å². The number of rotatable bonds is 2. The SMILES string of the molecule is [N]C1CCCCC(CC2CCCCC2)N1. The molecule has 2 rings (SSSR count). The molecule has 15 heavy (non-hydrogen) atoms. The predicted octanol–water partition coefficient (Wildman–Crippen LogP) is 2.88. The van der Waals surface area contributed by atoms with Crippen molar-refractivity contribution < 1.29 is 0 Å². The molecule has 1 saturated heterocycles. The lowest BCUT2D eigenvalue weighted by Gasteiger charge is -2.27. The van der Waals surface area contributed by atoms with Gasteiger partial charge in [0.2, 0.25) is 0 Å². The van der Waals surface area contributed by atoms with Gasteiger partial charge in [-0.3, -0.25) is 5.32 Å².